The zero-order chi connectivity index (χ0) is 8.65. The Morgan fingerprint density at radius 2 is 2.00 bits per heavy atom. The van der Waals surface area contributed by atoms with Gasteiger partial charge in [0.25, 0.3) is 0 Å². The van der Waals surface area contributed by atoms with Crippen LogP contribution in [-0.4, -0.2) is 9.55 Å². The zero-order valence-electron chi connectivity index (χ0n) is 7.55. The Kier molecular flexibility index (Phi) is 1.66. The van der Waals surface area contributed by atoms with Gasteiger partial charge < -0.3 is 10.3 Å². The van der Waals surface area contributed by atoms with Crippen molar-refractivity contribution >= 4 is 5.95 Å². The van der Waals surface area contributed by atoms with Gasteiger partial charge in [-0.3, -0.25) is 0 Å². The second kappa shape index (κ2) is 2.26. The first kappa shape index (κ1) is 8.11. The summed E-state index contributed by atoms with van der Waals surface area (Å²) < 4.78 is 1.83. The van der Waals surface area contributed by atoms with Gasteiger partial charge in [0.2, 0.25) is 0 Å². The van der Waals surface area contributed by atoms with Gasteiger partial charge in [0.05, 0.1) is 5.69 Å². The van der Waals surface area contributed by atoms with E-state index in [4.69, 9.17) is 5.73 Å². The molecule has 0 aliphatic carbocycles. The molecule has 0 bridgehead atoms. The third-order valence-electron chi connectivity index (χ3n) is 1.68. The Morgan fingerprint density at radius 3 is 2.18 bits per heavy atom. The quantitative estimate of drug-likeness (QED) is 0.610. The summed E-state index contributed by atoms with van der Waals surface area (Å²) in [5.74, 6) is 0.579. The van der Waals surface area contributed by atoms with Crippen molar-refractivity contribution < 1.29 is 0 Å². The molecule has 11 heavy (non-hydrogen) atoms. The number of nitrogens with zero attached hydrogens (tertiary/aromatic N) is 2. The van der Waals surface area contributed by atoms with E-state index in [1.54, 1.807) is 0 Å². The molecule has 0 radical (unpaired) electrons. The summed E-state index contributed by atoms with van der Waals surface area (Å²) in [5, 5.41) is 0. The number of nitrogen functional groups attached to an aromatic ring is 1. The summed E-state index contributed by atoms with van der Waals surface area (Å²) in [6.45, 7) is 6.36. The lowest BCUT2D eigenvalue weighted by Crippen LogP contribution is -2.11. The number of anilines is 1. The van der Waals surface area contributed by atoms with Gasteiger partial charge in [-0.2, -0.15) is 0 Å². The van der Waals surface area contributed by atoms with Gasteiger partial charge in [0.15, 0.2) is 5.95 Å². The maximum Gasteiger partial charge on any atom is 0.200 e. The first-order valence-electron chi connectivity index (χ1n) is 3.70. The van der Waals surface area contributed by atoms with Crippen LogP contribution in [0.5, 0.6) is 0 Å². The summed E-state index contributed by atoms with van der Waals surface area (Å²) in [6.07, 6.45) is 1.97. The average molecular weight is 153 g/mol. The molecule has 3 heteroatoms. The van der Waals surface area contributed by atoms with Crippen LogP contribution < -0.4 is 5.73 Å². The number of imidazole rings is 1. The molecule has 0 fully saturated rings. The van der Waals surface area contributed by atoms with E-state index in [0.717, 1.165) is 5.69 Å². The smallest absolute Gasteiger partial charge is 0.200 e. The normalized spacial score (nSPS) is 12.0. The number of aryl methyl sites for hydroxylation is 1. The zero-order valence-corrected chi connectivity index (χ0v) is 7.55. The van der Waals surface area contributed by atoms with Crippen molar-refractivity contribution in [2.75, 3.05) is 5.73 Å². The second-order valence-electron chi connectivity index (χ2n) is 3.85. The minimum Gasteiger partial charge on any atom is -0.369 e. The lowest BCUT2D eigenvalue weighted by Gasteiger charge is -2.13. The molecule has 0 spiro atoms. The van der Waals surface area contributed by atoms with E-state index >= 15 is 0 Å². The van der Waals surface area contributed by atoms with Crippen LogP contribution in [0, 0.1) is 0 Å². The largest absolute Gasteiger partial charge is 0.369 e. The number of hydrogen-bond acceptors (Lipinski definition) is 2. The average Bonchev–Trinajstić information content (AvgIpc) is 2.11. The van der Waals surface area contributed by atoms with Crippen molar-refractivity contribution in [3.05, 3.63) is 11.9 Å². The molecule has 0 aromatic carbocycles. The highest BCUT2D eigenvalue weighted by atomic mass is 15.1. The first-order chi connectivity index (χ1) is 4.91. The lowest BCUT2D eigenvalue weighted by molar-refractivity contribution is 0.572. The van der Waals surface area contributed by atoms with Crippen LogP contribution in [0.15, 0.2) is 6.20 Å². The predicted molar refractivity (Wildman–Crippen MR) is 46.3 cm³/mol. The standard InChI is InChI=1S/C8H15N3/c1-8(2,3)6-5-11(4)7(9)10-6/h5H,1-4H3,(H2,9,10). The Labute approximate surface area is 67.2 Å². The van der Waals surface area contributed by atoms with E-state index in [1.165, 1.54) is 0 Å². The molecule has 1 heterocycles. The Bertz CT molecular complexity index is 235. The SMILES string of the molecule is Cn1cc(C(C)(C)C)nc1N. The van der Waals surface area contributed by atoms with Gasteiger partial charge in [-0.1, -0.05) is 20.8 Å². The first-order valence-corrected chi connectivity index (χ1v) is 3.70. The molecule has 2 N–H and O–H groups in total. The Hall–Kier alpha value is -0.990. The summed E-state index contributed by atoms with van der Waals surface area (Å²) >= 11 is 0. The molecule has 0 saturated heterocycles. The van der Waals surface area contributed by atoms with Crippen LogP contribution in [-0.2, 0) is 12.5 Å². The van der Waals surface area contributed by atoms with Gasteiger partial charge in [-0.05, 0) is 0 Å². The molecule has 0 unspecified atom stereocenters. The van der Waals surface area contributed by atoms with E-state index in [-0.39, 0.29) is 5.41 Å². The minimum absolute atomic E-state index is 0.0926. The van der Waals surface area contributed by atoms with Crippen molar-refractivity contribution in [3.63, 3.8) is 0 Å². The molecule has 0 saturated carbocycles. The summed E-state index contributed by atoms with van der Waals surface area (Å²) in [6, 6.07) is 0. The molecular weight excluding hydrogens is 138 g/mol. The molecule has 62 valence electrons. The third-order valence-corrected chi connectivity index (χ3v) is 1.68. The third kappa shape index (κ3) is 1.53. The summed E-state index contributed by atoms with van der Waals surface area (Å²) in [5.41, 5.74) is 6.72. The van der Waals surface area contributed by atoms with Crippen molar-refractivity contribution in [1.29, 1.82) is 0 Å². The van der Waals surface area contributed by atoms with Crippen LogP contribution in [0.25, 0.3) is 0 Å². The van der Waals surface area contributed by atoms with Gasteiger partial charge in [0, 0.05) is 18.7 Å². The lowest BCUT2D eigenvalue weighted by atomic mass is 9.93. The maximum absolute atomic E-state index is 5.59. The highest BCUT2D eigenvalue weighted by Gasteiger charge is 2.17. The van der Waals surface area contributed by atoms with Crippen LogP contribution in [0.4, 0.5) is 5.95 Å². The van der Waals surface area contributed by atoms with Gasteiger partial charge in [0.1, 0.15) is 0 Å². The predicted octanol–water partition coefficient (Wildman–Crippen LogP) is 1.30. The number of hydrogen-bond donors (Lipinski definition) is 1. The molecule has 1 aromatic heterocycles. The highest BCUT2D eigenvalue weighted by Crippen LogP contribution is 2.21. The van der Waals surface area contributed by atoms with Gasteiger partial charge in [-0.25, -0.2) is 4.98 Å². The number of aromatic nitrogens is 2. The molecule has 0 atom stereocenters. The van der Waals surface area contributed by atoms with Gasteiger partial charge in [-0.15, -0.1) is 0 Å². The molecule has 1 aromatic rings. The van der Waals surface area contributed by atoms with Crippen LogP contribution in [0.2, 0.25) is 0 Å². The molecule has 0 aliphatic heterocycles. The van der Waals surface area contributed by atoms with Crippen molar-refractivity contribution in [1.82, 2.24) is 9.55 Å². The van der Waals surface area contributed by atoms with Crippen LogP contribution >= 0.6 is 0 Å². The topological polar surface area (TPSA) is 43.8 Å². The molecule has 1 rings (SSSR count). The van der Waals surface area contributed by atoms with Crippen molar-refractivity contribution in [3.8, 4) is 0 Å². The fourth-order valence-electron chi connectivity index (χ4n) is 0.842. The van der Waals surface area contributed by atoms with Crippen LogP contribution in [0.3, 0.4) is 0 Å². The van der Waals surface area contributed by atoms with E-state index in [2.05, 4.69) is 25.8 Å². The Morgan fingerprint density at radius 1 is 1.45 bits per heavy atom. The second-order valence-corrected chi connectivity index (χ2v) is 3.85. The van der Waals surface area contributed by atoms with Crippen molar-refractivity contribution in [2.45, 2.75) is 26.2 Å². The maximum atomic E-state index is 5.59. The minimum atomic E-state index is 0.0926. The van der Waals surface area contributed by atoms with Crippen LogP contribution in [0.1, 0.15) is 26.5 Å². The summed E-state index contributed by atoms with van der Waals surface area (Å²) in [7, 11) is 1.90. The fraction of sp³-hybridized carbons (Fsp3) is 0.625. The van der Waals surface area contributed by atoms with Crippen molar-refractivity contribution in [2.24, 2.45) is 7.05 Å². The van der Waals surface area contributed by atoms with E-state index < -0.39 is 0 Å². The fourth-order valence-corrected chi connectivity index (χ4v) is 0.842. The number of nitrogens with two attached hydrogens (primary N) is 1. The molecule has 0 aliphatic rings. The van der Waals surface area contributed by atoms with Gasteiger partial charge >= 0.3 is 0 Å². The molecular formula is C8H15N3. The van der Waals surface area contributed by atoms with E-state index in [1.807, 2.05) is 17.8 Å². The highest BCUT2D eigenvalue weighted by molar-refractivity contribution is 5.24. The number of rotatable bonds is 0. The van der Waals surface area contributed by atoms with E-state index in [9.17, 15) is 0 Å². The molecule has 3 nitrogen and oxygen atoms in total. The monoisotopic (exact) mass is 153 g/mol. The van der Waals surface area contributed by atoms with E-state index in [0.29, 0.717) is 5.95 Å². The molecule has 0 amide bonds. The Balaban J connectivity index is 3.08. The summed E-state index contributed by atoms with van der Waals surface area (Å²) in [4.78, 5) is 4.22.